The fourth-order valence-electron chi connectivity index (χ4n) is 1.12. The van der Waals surface area contributed by atoms with E-state index in [4.69, 9.17) is 4.74 Å². The Morgan fingerprint density at radius 3 is 2.88 bits per heavy atom. The van der Waals surface area contributed by atoms with Crippen molar-refractivity contribution >= 4 is 11.8 Å². The lowest BCUT2D eigenvalue weighted by Crippen LogP contribution is -2.15. The van der Waals surface area contributed by atoms with Gasteiger partial charge in [-0.1, -0.05) is 19.9 Å². The Kier molecular flexibility index (Phi) is 4.64. The number of carbonyl (C=O) groups is 1. The normalized spacial score (nSPS) is 10.2. The van der Waals surface area contributed by atoms with Gasteiger partial charge < -0.3 is 9.84 Å². The topological polar surface area (TPSA) is 58.6 Å². The standard InChI is InChI=1S/C12H17NO3/c1-9(2)6-7-16-12(15)13-10-4-3-5-11(14)8-10/h3-5,8-9,14H,6-7H2,1-2H3,(H,13,15). The van der Waals surface area contributed by atoms with E-state index < -0.39 is 6.09 Å². The first-order valence-corrected chi connectivity index (χ1v) is 5.30. The minimum absolute atomic E-state index is 0.111. The summed E-state index contributed by atoms with van der Waals surface area (Å²) in [6.07, 6.45) is 0.347. The molecule has 4 nitrogen and oxygen atoms in total. The number of rotatable bonds is 4. The second-order valence-electron chi connectivity index (χ2n) is 3.99. The van der Waals surface area contributed by atoms with Crippen LogP contribution in [0.3, 0.4) is 0 Å². The van der Waals surface area contributed by atoms with Crippen molar-refractivity contribution in [3.8, 4) is 5.75 Å². The van der Waals surface area contributed by atoms with Crippen LogP contribution in [0.1, 0.15) is 20.3 Å². The van der Waals surface area contributed by atoms with E-state index in [9.17, 15) is 9.90 Å². The summed E-state index contributed by atoms with van der Waals surface area (Å²) in [4.78, 5) is 11.3. The number of hydrogen-bond donors (Lipinski definition) is 2. The van der Waals surface area contributed by atoms with Gasteiger partial charge in [0.15, 0.2) is 0 Å². The molecule has 0 heterocycles. The van der Waals surface area contributed by atoms with Crippen molar-refractivity contribution < 1.29 is 14.6 Å². The largest absolute Gasteiger partial charge is 0.508 e. The van der Waals surface area contributed by atoms with Crippen molar-refractivity contribution in [3.63, 3.8) is 0 Å². The highest BCUT2D eigenvalue weighted by molar-refractivity contribution is 5.84. The summed E-state index contributed by atoms with van der Waals surface area (Å²) < 4.78 is 4.96. The van der Waals surface area contributed by atoms with Crippen LogP contribution in [-0.4, -0.2) is 17.8 Å². The predicted octanol–water partition coefficient (Wildman–Crippen LogP) is 2.99. The molecule has 2 N–H and O–H groups in total. The third-order valence-electron chi connectivity index (χ3n) is 2.02. The third-order valence-corrected chi connectivity index (χ3v) is 2.02. The number of aromatic hydroxyl groups is 1. The zero-order valence-electron chi connectivity index (χ0n) is 9.56. The molecule has 1 amide bonds. The lowest BCUT2D eigenvalue weighted by molar-refractivity contribution is 0.155. The molecule has 0 aliphatic rings. The molecule has 0 radical (unpaired) electrons. The molecule has 1 aromatic carbocycles. The van der Waals surface area contributed by atoms with Gasteiger partial charge in [-0.05, 0) is 24.5 Å². The first kappa shape index (κ1) is 12.4. The van der Waals surface area contributed by atoms with E-state index in [1.54, 1.807) is 12.1 Å². The molecule has 0 aliphatic carbocycles. The number of hydrogen-bond acceptors (Lipinski definition) is 3. The van der Waals surface area contributed by atoms with Crippen molar-refractivity contribution in [2.75, 3.05) is 11.9 Å². The first-order valence-electron chi connectivity index (χ1n) is 5.30. The quantitative estimate of drug-likeness (QED) is 0.825. The van der Waals surface area contributed by atoms with Gasteiger partial charge in [-0.15, -0.1) is 0 Å². The molecular formula is C12H17NO3. The van der Waals surface area contributed by atoms with Crippen molar-refractivity contribution in [1.29, 1.82) is 0 Å². The summed E-state index contributed by atoms with van der Waals surface area (Å²) in [6.45, 7) is 4.54. The van der Waals surface area contributed by atoms with Crippen LogP contribution >= 0.6 is 0 Å². The molecule has 0 saturated carbocycles. The molecule has 0 aromatic heterocycles. The average Bonchev–Trinajstić information content (AvgIpc) is 2.16. The molecule has 0 saturated heterocycles. The Labute approximate surface area is 95.2 Å². The summed E-state index contributed by atoms with van der Waals surface area (Å²) in [5, 5.41) is 11.7. The molecule has 16 heavy (non-hydrogen) atoms. The highest BCUT2D eigenvalue weighted by Crippen LogP contribution is 2.15. The Morgan fingerprint density at radius 1 is 1.50 bits per heavy atom. The SMILES string of the molecule is CC(C)CCOC(=O)Nc1cccc(O)c1. The Hall–Kier alpha value is -1.71. The number of amides is 1. The van der Waals surface area contributed by atoms with E-state index in [0.29, 0.717) is 18.2 Å². The maximum Gasteiger partial charge on any atom is 0.411 e. The summed E-state index contributed by atoms with van der Waals surface area (Å²) in [5.74, 6) is 0.619. The van der Waals surface area contributed by atoms with E-state index in [0.717, 1.165) is 6.42 Å². The highest BCUT2D eigenvalue weighted by atomic mass is 16.5. The fraction of sp³-hybridized carbons (Fsp3) is 0.417. The maximum absolute atomic E-state index is 11.3. The first-order chi connectivity index (χ1) is 7.58. The molecule has 4 heteroatoms. The van der Waals surface area contributed by atoms with Gasteiger partial charge in [0.05, 0.1) is 6.61 Å². The van der Waals surface area contributed by atoms with Crippen LogP contribution < -0.4 is 5.32 Å². The number of benzene rings is 1. The number of phenols is 1. The van der Waals surface area contributed by atoms with Crippen LogP contribution in [0, 0.1) is 5.92 Å². The molecule has 0 spiro atoms. The molecule has 88 valence electrons. The molecule has 0 bridgehead atoms. The van der Waals surface area contributed by atoms with Gasteiger partial charge >= 0.3 is 6.09 Å². The molecule has 1 rings (SSSR count). The van der Waals surface area contributed by atoms with Gasteiger partial charge in [0, 0.05) is 11.8 Å². The van der Waals surface area contributed by atoms with Gasteiger partial charge in [0.25, 0.3) is 0 Å². The highest BCUT2D eigenvalue weighted by Gasteiger charge is 2.03. The number of ether oxygens (including phenoxy) is 1. The van der Waals surface area contributed by atoms with Gasteiger partial charge in [-0.3, -0.25) is 5.32 Å². The van der Waals surface area contributed by atoms with E-state index in [1.807, 2.05) is 0 Å². The molecule has 1 aromatic rings. The maximum atomic E-state index is 11.3. The summed E-state index contributed by atoms with van der Waals surface area (Å²) >= 11 is 0. The smallest absolute Gasteiger partial charge is 0.411 e. The minimum Gasteiger partial charge on any atom is -0.508 e. The lowest BCUT2D eigenvalue weighted by Gasteiger charge is -2.08. The Morgan fingerprint density at radius 2 is 2.25 bits per heavy atom. The molecule has 0 atom stereocenters. The second kappa shape index (κ2) is 6.00. The van der Waals surface area contributed by atoms with Crippen molar-refractivity contribution in [3.05, 3.63) is 24.3 Å². The molecule has 0 unspecified atom stereocenters. The van der Waals surface area contributed by atoms with Crippen LogP contribution in [0.5, 0.6) is 5.75 Å². The van der Waals surface area contributed by atoms with Gasteiger partial charge in [-0.2, -0.15) is 0 Å². The summed E-state index contributed by atoms with van der Waals surface area (Å²) in [7, 11) is 0. The lowest BCUT2D eigenvalue weighted by atomic mass is 10.1. The monoisotopic (exact) mass is 223 g/mol. The Bertz CT molecular complexity index is 350. The predicted molar refractivity (Wildman–Crippen MR) is 62.5 cm³/mol. The van der Waals surface area contributed by atoms with Crippen molar-refractivity contribution in [2.24, 2.45) is 5.92 Å². The van der Waals surface area contributed by atoms with Crippen LogP contribution in [0.25, 0.3) is 0 Å². The zero-order valence-corrected chi connectivity index (χ0v) is 9.56. The van der Waals surface area contributed by atoms with Crippen molar-refractivity contribution in [1.82, 2.24) is 0 Å². The van der Waals surface area contributed by atoms with E-state index >= 15 is 0 Å². The van der Waals surface area contributed by atoms with E-state index in [-0.39, 0.29) is 5.75 Å². The number of anilines is 1. The van der Waals surface area contributed by atoms with Crippen LogP contribution in [0.15, 0.2) is 24.3 Å². The number of nitrogens with one attached hydrogen (secondary N) is 1. The fourth-order valence-corrected chi connectivity index (χ4v) is 1.12. The molecular weight excluding hydrogens is 206 g/mol. The second-order valence-corrected chi connectivity index (χ2v) is 3.99. The molecule has 0 aliphatic heterocycles. The van der Waals surface area contributed by atoms with Crippen molar-refractivity contribution in [2.45, 2.75) is 20.3 Å². The van der Waals surface area contributed by atoms with Crippen LogP contribution in [-0.2, 0) is 4.74 Å². The number of carbonyl (C=O) groups excluding carboxylic acids is 1. The Balaban J connectivity index is 2.34. The van der Waals surface area contributed by atoms with Gasteiger partial charge in [0.1, 0.15) is 5.75 Å². The van der Waals surface area contributed by atoms with E-state index in [1.165, 1.54) is 12.1 Å². The van der Waals surface area contributed by atoms with E-state index in [2.05, 4.69) is 19.2 Å². The summed E-state index contributed by atoms with van der Waals surface area (Å²) in [6, 6.07) is 6.33. The van der Waals surface area contributed by atoms with Crippen LogP contribution in [0.4, 0.5) is 10.5 Å². The van der Waals surface area contributed by atoms with Gasteiger partial charge in [0.2, 0.25) is 0 Å². The number of phenolic OH excluding ortho intramolecular Hbond substituents is 1. The average molecular weight is 223 g/mol. The zero-order chi connectivity index (χ0) is 12.0. The van der Waals surface area contributed by atoms with Crippen LogP contribution in [0.2, 0.25) is 0 Å². The third kappa shape index (κ3) is 4.68. The van der Waals surface area contributed by atoms with Gasteiger partial charge in [-0.25, -0.2) is 4.79 Å². The minimum atomic E-state index is -0.494. The molecule has 0 fully saturated rings. The summed E-state index contributed by atoms with van der Waals surface area (Å²) in [5.41, 5.74) is 0.523.